The zero-order valence-corrected chi connectivity index (χ0v) is 15.0. The highest BCUT2D eigenvalue weighted by Crippen LogP contribution is 2.36. The summed E-state index contributed by atoms with van der Waals surface area (Å²) in [6.45, 7) is 1.83. The van der Waals surface area contributed by atoms with Gasteiger partial charge in [0.1, 0.15) is 5.65 Å². The number of hydrogen-bond acceptors (Lipinski definition) is 7. The van der Waals surface area contributed by atoms with Crippen molar-refractivity contribution in [3.63, 3.8) is 0 Å². The van der Waals surface area contributed by atoms with E-state index < -0.39 is 5.60 Å². The summed E-state index contributed by atoms with van der Waals surface area (Å²) in [5, 5.41) is 14.0. The molecule has 0 radical (unpaired) electrons. The number of H-pyrrole nitrogens is 1. The van der Waals surface area contributed by atoms with Gasteiger partial charge in [-0.3, -0.25) is 4.40 Å². The number of ether oxygens (including phenoxy) is 1. The molecule has 0 aromatic carbocycles. The Balaban J connectivity index is 1.55. The summed E-state index contributed by atoms with van der Waals surface area (Å²) in [4.78, 5) is 20.8. The van der Waals surface area contributed by atoms with Crippen LogP contribution in [0.4, 0.5) is 5.95 Å². The molecule has 9 nitrogen and oxygen atoms in total. The predicted molar refractivity (Wildman–Crippen MR) is 99.7 cm³/mol. The van der Waals surface area contributed by atoms with Crippen molar-refractivity contribution in [2.45, 2.75) is 31.4 Å². The van der Waals surface area contributed by atoms with Crippen molar-refractivity contribution in [3.05, 3.63) is 31.0 Å². The number of nitrogens with one attached hydrogen (secondary N) is 2. The van der Waals surface area contributed by atoms with E-state index in [1.54, 1.807) is 19.5 Å². The number of nitrogens with zero attached hydrogens (tertiary/aromatic N) is 5. The SMILES string of the molecule is COc1nc(N[C@H]2C[C@@](C)(O)C2)nc2[nH]cc(-c3cnc4nccn4c3)c12. The van der Waals surface area contributed by atoms with E-state index in [-0.39, 0.29) is 6.04 Å². The van der Waals surface area contributed by atoms with Crippen LogP contribution in [0, 0.1) is 0 Å². The van der Waals surface area contributed by atoms with Crippen molar-refractivity contribution in [2.75, 3.05) is 12.4 Å². The lowest BCUT2D eigenvalue weighted by Gasteiger charge is -2.41. The van der Waals surface area contributed by atoms with Gasteiger partial charge in [0.25, 0.3) is 0 Å². The molecule has 9 heteroatoms. The molecular formula is C18H19N7O2. The summed E-state index contributed by atoms with van der Waals surface area (Å²) in [6, 6.07) is 0.157. The Labute approximate surface area is 154 Å². The summed E-state index contributed by atoms with van der Waals surface area (Å²) in [5.41, 5.74) is 1.88. The summed E-state index contributed by atoms with van der Waals surface area (Å²) in [7, 11) is 1.59. The minimum Gasteiger partial charge on any atom is -0.480 e. The van der Waals surface area contributed by atoms with Gasteiger partial charge < -0.3 is 20.1 Å². The van der Waals surface area contributed by atoms with Crippen molar-refractivity contribution in [3.8, 4) is 17.0 Å². The Hall–Kier alpha value is -3.20. The lowest BCUT2D eigenvalue weighted by atomic mass is 9.77. The van der Waals surface area contributed by atoms with Gasteiger partial charge in [0, 0.05) is 48.2 Å². The maximum absolute atomic E-state index is 9.90. The molecule has 1 aliphatic carbocycles. The van der Waals surface area contributed by atoms with E-state index in [9.17, 15) is 5.11 Å². The average molecular weight is 365 g/mol. The molecule has 0 amide bonds. The topological polar surface area (TPSA) is 113 Å². The number of rotatable bonds is 4. The first-order chi connectivity index (χ1) is 13.0. The second kappa shape index (κ2) is 5.65. The Morgan fingerprint density at radius 1 is 1.33 bits per heavy atom. The molecule has 1 fully saturated rings. The Kier molecular flexibility index (Phi) is 3.35. The van der Waals surface area contributed by atoms with Gasteiger partial charge in [-0.2, -0.15) is 9.97 Å². The predicted octanol–water partition coefficient (Wildman–Crippen LogP) is 2.00. The standard InChI is InChI=1S/C18H19N7O2/c1-18(26)5-11(6-18)22-16-23-14-13(15(24-16)27-2)12(8-20-14)10-7-21-17-19-3-4-25(17)9-10/h3-4,7-9,11,26H,5-6H2,1-2H3,(H2,20,22,23,24)/t11-,18+. The highest BCUT2D eigenvalue weighted by atomic mass is 16.5. The summed E-state index contributed by atoms with van der Waals surface area (Å²) >= 11 is 0. The number of aromatic nitrogens is 6. The van der Waals surface area contributed by atoms with Gasteiger partial charge in [0.05, 0.1) is 18.1 Å². The number of anilines is 1. The third-order valence-electron chi connectivity index (χ3n) is 4.95. The molecule has 3 N–H and O–H groups in total. The molecule has 0 aliphatic heterocycles. The molecule has 27 heavy (non-hydrogen) atoms. The van der Waals surface area contributed by atoms with Crippen LogP contribution in [0.25, 0.3) is 27.9 Å². The van der Waals surface area contributed by atoms with Crippen molar-refractivity contribution in [1.82, 2.24) is 29.3 Å². The highest BCUT2D eigenvalue weighted by Gasteiger charge is 2.38. The van der Waals surface area contributed by atoms with Gasteiger partial charge in [-0.1, -0.05) is 0 Å². The Morgan fingerprint density at radius 2 is 2.19 bits per heavy atom. The lowest BCUT2D eigenvalue weighted by Crippen LogP contribution is -2.48. The second-order valence-corrected chi connectivity index (χ2v) is 7.21. The van der Waals surface area contributed by atoms with E-state index in [2.05, 4.69) is 30.2 Å². The van der Waals surface area contributed by atoms with Gasteiger partial charge in [0.15, 0.2) is 0 Å². The number of methoxy groups -OCH3 is 1. The smallest absolute Gasteiger partial charge is 0.233 e. The van der Waals surface area contributed by atoms with Gasteiger partial charge in [-0.05, 0) is 19.8 Å². The van der Waals surface area contributed by atoms with Gasteiger partial charge >= 0.3 is 0 Å². The maximum Gasteiger partial charge on any atom is 0.233 e. The Bertz CT molecular complexity index is 1140. The van der Waals surface area contributed by atoms with E-state index in [0.29, 0.717) is 36.1 Å². The summed E-state index contributed by atoms with van der Waals surface area (Å²) in [6.07, 6.45) is 10.5. The number of imidazole rings is 1. The largest absolute Gasteiger partial charge is 0.480 e. The van der Waals surface area contributed by atoms with E-state index in [1.165, 1.54) is 0 Å². The fourth-order valence-corrected chi connectivity index (χ4v) is 3.68. The lowest BCUT2D eigenvalue weighted by molar-refractivity contribution is -0.0236. The van der Waals surface area contributed by atoms with E-state index in [0.717, 1.165) is 16.5 Å². The molecule has 0 atom stereocenters. The molecule has 1 saturated carbocycles. The fraction of sp³-hybridized carbons (Fsp3) is 0.333. The molecule has 1 aliphatic rings. The van der Waals surface area contributed by atoms with E-state index in [4.69, 9.17) is 4.74 Å². The molecule has 4 heterocycles. The van der Waals surface area contributed by atoms with Gasteiger partial charge in [-0.15, -0.1) is 0 Å². The summed E-state index contributed by atoms with van der Waals surface area (Å²) < 4.78 is 7.40. The van der Waals surface area contributed by atoms with Crippen molar-refractivity contribution >= 4 is 22.8 Å². The first-order valence-corrected chi connectivity index (χ1v) is 8.73. The molecule has 4 aromatic rings. The van der Waals surface area contributed by atoms with Crippen LogP contribution < -0.4 is 10.1 Å². The van der Waals surface area contributed by atoms with Crippen LogP contribution in [0.5, 0.6) is 5.88 Å². The van der Waals surface area contributed by atoms with Crippen LogP contribution in [0.1, 0.15) is 19.8 Å². The zero-order chi connectivity index (χ0) is 18.6. The molecule has 0 saturated heterocycles. The fourth-order valence-electron chi connectivity index (χ4n) is 3.68. The Morgan fingerprint density at radius 3 is 2.96 bits per heavy atom. The highest BCUT2D eigenvalue weighted by molar-refractivity contribution is 5.97. The molecule has 4 aromatic heterocycles. The third-order valence-corrected chi connectivity index (χ3v) is 4.95. The van der Waals surface area contributed by atoms with Crippen LogP contribution >= 0.6 is 0 Å². The molecule has 138 valence electrons. The average Bonchev–Trinajstić information content (AvgIpc) is 3.25. The first kappa shape index (κ1) is 16.0. The second-order valence-electron chi connectivity index (χ2n) is 7.21. The van der Waals surface area contributed by atoms with E-state index in [1.807, 2.05) is 29.9 Å². The van der Waals surface area contributed by atoms with E-state index >= 15 is 0 Å². The van der Waals surface area contributed by atoms with Crippen LogP contribution in [0.3, 0.4) is 0 Å². The number of hydrogen-bond donors (Lipinski definition) is 3. The summed E-state index contributed by atoms with van der Waals surface area (Å²) in [5.74, 6) is 1.61. The minimum atomic E-state index is -0.607. The number of aliphatic hydroxyl groups is 1. The van der Waals surface area contributed by atoms with Crippen LogP contribution in [0.2, 0.25) is 0 Å². The monoisotopic (exact) mass is 365 g/mol. The number of fused-ring (bicyclic) bond motifs is 2. The number of aromatic amines is 1. The maximum atomic E-state index is 9.90. The van der Waals surface area contributed by atoms with Crippen LogP contribution in [0.15, 0.2) is 31.0 Å². The van der Waals surface area contributed by atoms with Crippen molar-refractivity contribution in [1.29, 1.82) is 0 Å². The normalized spacial score (nSPS) is 22.1. The van der Waals surface area contributed by atoms with Crippen molar-refractivity contribution in [2.24, 2.45) is 0 Å². The van der Waals surface area contributed by atoms with Gasteiger partial charge in [-0.25, -0.2) is 9.97 Å². The molecule has 5 rings (SSSR count). The molecule has 0 spiro atoms. The quantitative estimate of drug-likeness (QED) is 0.507. The van der Waals surface area contributed by atoms with Crippen molar-refractivity contribution < 1.29 is 9.84 Å². The molecular weight excluding hydrogens is 346 g/mol. The molecule has 0 bridgehead atoms. The third kappa shape index (κ3) is 2.67. The molecule has 0 unspecified atom stereocenters. The van der Waals surface area contributed by atoms with Gasteiger partial charge in [0.2, 0.25) is 17.6 Å². The first-order valence-electron chi connectivity index (χ1n) is 8.73. The minimum absolute atomic E-state index is 0.157. The van der Waals surface area contributed by atoms with Crippen LogP contribution in [-0.4, -0.2) is 53.2 Å². The van der Waals surface area contributed by atoms with Crippen LogP contribution in [-0.2, 0) is 0 Å². The zero-order valence-electron chi connectivity index (χ0n) is 15.0.